The van der Waals surface area contributed by atoms with Crippen molar-refractivity contribution in [1.82, 2.24) is 0 Å². The first kappa shape index (κ1) is 24.5. The highest BCUT2D eigenvalue weighted by Crippen LogP contribution is 2.12. The Hall–Kier alpha value is -0.530. The number of hydrogen-bond donors (Lipinski definition) is 0. The van der Waals surface area contributed by atoms with Gasteiger partial charge in [-0.1, -0.05) is 111 Å². The normalized spacial score (nSPS) is 11.2. The number of ether oxygens (including phenoxy) is 1. The fourth-order valence-corrected chi connectivity index (χ4v) is 3.20. The summed E-state index contributed by atoms with van der Waals surface area (Å²) in [5.41, 5.74) is 0. The van der Waals surface area contributed by atoms with Gasteiger partial charge in [0, 0.05) is 6.42 Å². The lowest BCUT2D eigenvalue weighted by atomic mass is 10.0. The average molecular weight is 355 g/mol. The smallest absolute Gasteiger partial charge is 0.305 e. The maximum Gasteiger partial charge on any atom is 0.305 e. The van der Waals surface area contributed by atoms with Gasteiger partial charge in [0.2, 0.25) is 0 Å². The number of carbonyl (C=O) groups excluding carboxylic acids is 1. The molecule has 0 spiro atoms. The summed E-state index contributed by atoms with van der Waals surface area (Å²) < 4.78 is 5.33. The molecular weight excluding hydrogens is 308 g/mol. The van der Waals surface area contributed by atoms with Crippen molar-refractivity contribution in [2.75, 3.05) is 6.61 Å². The summed E-state index contributed by atoms with van der Waals surface area (Å²) in [5, 5.41) is 0. The zero-order valence-electron chi connectivity index (χ0n) is 17.6. The van der Waals surface area contributed by atoms with Gasteiger partial charge in [0.1, 0.15) is 0 Å². The summed E-state index contributed by atoms with van der Waals surface area (Å²) >= 11 is 0. The van der Waals surface area contributed by atoms with E-state index in [9.17, 15) is 4.79 Å². The van der Waals surface area contributed by atoms with Crippen LogP contribution in [0, 0.1) is 5.92 Å². The van der Waals surface area contributed by atoms with Crippen LogP contribution in [0.2, 0.25) is 0 Å². The molecule has 0 aliphatic rings. The zero-order chi connectivity index (χ0) is 18.6. The zero-order valence-corrected chi connectivity index (χ0v) is 17.6. The molecule has 0 aliphatic heterocycles. The average Bonchev–Trinajstić information content (AvgIpc) is 2.58. The third kappa shape index (κ3) is 21.4. The molecule has 0 amide bonds. The molecule has 0 aromatic heterocycles. The molecule has 25 heavy (non-hydrogen) atoms. The van der Waals surface area contributed by atoms with E-state index in [1.54, 1.807) is 0 Å². The van der Waals surface area contributed by atoms with Crippen molar-refractivity contribution in [3.05, 3.63) is 0 Å². The van der Waals surface area contributed by atoms with Gasteiger partial charge in [-0.25, -0.2) is 0 Å². The Kier molecular flexibility index (Phi) is 19.4. The molecule has 0 saturated carbocycles. The van der Waals surface area contributed by atoms with E-state index in [0.717, 1.165) is 18.8 Å². The first-order chi connectivity index (χ1) is 12.2. The molecule has 0 aromatic rings. The first-order valence-corrected chi connectivity index (χ1v) is 11.3. The summed E-state index contributed by atoms with van der Waals surface area (Å²) in [5.74, 6) is 0.812. The van der Waals surface area contributed by atoms with Crippen LogP contribution in [-0.2, 0) is 9.53 Å². The summed E-state index contributed by atoms with van der Waals surface area (Å²) in [6, 6.07) is 0. The molecule has 0 aromatic carbocycles. The Labute approximate surface area is 158 Å². The highest BCUT2D eigenvalue weighted by molar-refractivity contribution is 5.69. The third-order valence-corrected chi connectivity index (χ3v) is 4.92. The van der Waals surface area contributed by atoms with E-state index in [-0.39, 0.29) is 5.97 Å². The van der Waals surface area contributed by atoms with Crippen molar-refractivity contribution in [3.8, 4) is 0 Å². The largest absolute Gasteiger partial charge is 0.466 e. The predicted octanol–water partition coefficient (Wildman–Crippen LogP) is 7.84. The van der Waals surface area contributed by atoms with Crippen LogP contribution in [0.4, 0.5) is 0 Å². The van der Waals surface area contributed by atoms with E-state index in [1.165, 1.54) is 89.9 Å². The SMILES string of the molecule is CCCCCCCCCCCCCOC(=O)CCCCCCC(C)C. The van der Waals surface area contributed by atoms with Crippen LogP contribution in [0.25, 0.3) is 0 Å². The minimum Gasteiger partial charge on any atom is -0.466 e. The number of hydrogen-bond acceptors (Lipinski definition) is 2. The van der Waals surface area contributed by atoms with E-state index in [0.29, 0.717) is 13.0 Å². The van der Waals surface area contributed by atoms with Crippen molar-refractivity contribution in [3.63, 3.8) is 0 Å². The first-order valence-electron chi connectivity index (χ1n) is 11.3. The topological polar surface area (TPSA) is 26.3 Å². The van der Waals surface area contributed by atoms with Gasteiger partial charge in [0.25, 0.3) is 0 Å². The minimum atomic E-state index is 0.0101. The van der Waals surface area contributed by atoms with Gasteiger partial charge in [0.15, 0.2) is 0 Å². The summed E-state index contributed by atoms with van der Waals surface area (Å²) in [7, 11) is 0. The molecular formula is C23H46O2. The Bertz CT molecular complexity index is 273. The lowest BCUT2D eigenvalue weighted by Gasteiger charge is -2.06. The Morgan fingerprint density at radius 3 is 1.72 bits per heavy atom. The van der Waals surface area contributed by atoms with E-state index < -0.39 is 0 Å². The number of rotatable bonds is 19. The molecule has 2 heteroatoms. The van der Waals surface area contributed by atoms with E-state index >= 15 is 0 Å². The van der Waals surface area contributed by atoms with Gasteiger partial charge in [0.05, 0.1) is 6.61 Å². The molecule has 0 rings (SSSR count). The van der Waals surface area contributed by atoms with Crippen LogP contribution in [0.1, 0.15) is 130 Å². The maximum atomic E-state index is 11.6. The molecule has 2 nitrogen and oxygen atoms in total. The van der Waals surface area contributed by atoms with Crippen LogP contribution in [0.5, 0.6) is 0 Å². The molecule has 150 valence electrons. The van der Waals surface area contributed by atoms with Crippen LogP contribution >= 0.6 is 0 Å². The van der Waals surface area contributed by atoms with Crippen LogP contribution in [-0.4, -0.2) is 12.6 Å². The quantitative estimate of drug-likeness (QED) is 0.174. The highest BCUT2D eigenvalue weighted by Gasteiger charge is 2.02. The van der Waals surface area contributed by atoms with Gasteiger partial charge >= 0.3 is 5.97 Å². The minimum absolute atomic E-state index is 0.0101. The number of esters is 1. The predicted molar refractivity (Wildman–Crippen MR) is 110 cm³/mol. The van der Waals surface area contributed by atoms with Crippen LogP contribution in [0.15, 0.2) is 0 Å². The summed E-state index contributed by atoms with van der Waals surface area (Å²) in [4.78, 5) is 11.6. The summed E-state index contributed by atoms with van der Waals surface area (Å²) in [6.07, 6.45) is 21.3. The molecule has 0 fully saturated rings. The molecule has 0 radical (unpaired) electrons. The van der Waals surface area contributed by atoms with Gasteiger partial charge in [-0.15, -0.1) is 0 Å². The second-order valence-electron chi connectivity index (χ2n) is 8.10. The van der Waals surface area contributed by atoms with Crippen molar-refractivity contribution >= 4 is 5.97 Å². The molecule has 0 N–H and O–H groups in total. The molecule has 0 atom stereocenters. The molecule has 0 saturated heterocycles. The van der Waals surface area contributed by atoms with Crippen molar-refractivity contribution < 1.29 is 9.53 Å². The van der Waals surface area contributed by atoms with Crippen LogP contribution < -0.4 is 0 Å². The fraction of sp³-hybridized carbons (Fsp3) is 0.957. The third-order valence-electron chi connectivity index (χ3n) is 4.92. The molecule has 0 bridgehead atoms. The standard InChI is InChI=1S/C23H46O2/c1-4-5-6-7-8-9-10-11-12-15-18-21-25-23(24)20-17-14-13-16-19-22(2)3/h22H,4-21H2,1-3H3. The fourth-order valence-electron chi connectivity index (χ4n) is 3.20. The Morgan fingerprint density at radius 1 is 0.680 bits per heavy atom. The monoisotopic (exact) mass is 354 g/mol. The Balaban J connectivity index is 3.14. The lowest BCUT2D eigenvalue weighted by Crippen LogP contribution is -2.05. The second-order valence-corrected chi connectivity index (χ2v) is 8.10. The Morgan fingerprint density at radius 2 is 1.16 bits per heavy atom. The van der Waals surface area contributed by atoms with Gasteiger partial charge < -0.3 is 4.74 Å². The molecule has 0 unspecified atom stereocenters. The van der Waals surface area contributed by atoms with Crippen molar-refractivity contribution in [1.29, 1.82) is 0 Å². The van der Waals surface area contributed by atoms with E-state index in [2.05, 4.69) is 20.8 Å². The second kappa shape index (κ2) is 19.8. The lowest BCUT2D eigenvalue weighted by molar-refractivity contribution is -0.143. The maximum absolute atomic E-state index is 11.6. The molecule has 0 heterocycles. The summed E-state index contributed by atoms with van der Waals surface area (Å²) in [6.45, 7) is 7.44. The molecule has 0 aliphatic carbocycles. The van der Waals surface area contributed by atoms with Crippen molar-refractivity contribution in [2.45, 2.75) is 130 Å². The number of carbonyl (C=O) groups is 1. The number of unbranched alkanes of at least 4 members (excludes halogenated alkanes) is 13. The van der Waals surface area contributed by atoms with Gasteiger partial charge in [-0.3, -0.25) is 4.79 Å². The van der Waals surface area contributed by atoms with E-state index in [4.69, 9.17) is 4.74 Å². The van der Waals surface area contributed by atoms with Crippen molar-refractivity contribution in [2.24, 2.45) is 5.92 Å². The van der Waals surface area contributed by atoms with E-state index in [1.807, 2.05) is 0 Å². The highest BCUT2D eigenvalue weighted by atomic mass is 16.5. The van der Waals surface area contributed by atoms with Crippen LogP contribution in [0.3, 0.4) is 0 Å². The van der Waals surface area contributed by atoms with Gasteiger partial charge in [-0.05, 0) is 18.8 Å². The van der Waals surface area contributed by atoms with Gasteiger partial charge in [-0.2, -0.15) is 0 Å².